The van der Waals surface area contributed by atoms with E-state index < -0.39 is 0 Å². The maximum absolute atomic E-state index is 6.16. The summed E-state index contributed by atoms with van der Waals surface area (Å²) in [7, 11) is 0. The molecule has 3 unspecified atom stereocenters. The molecule has 0 aliphatic carbocycles. The molecular formula is C13H28N2. The first-order valence-electron chi connectivity index (χ1n) is 6.64. The summed E-state index contributed by atoms with van der Waals surface area (Å²) in [5.41, 5.74) is 6.16. The Bertz CT molecular complexity index is 170. The molecule has 0 aromatic carbocycles. The van der Waals surface area contributed by atoms with Crippen LogP contribution < -0.4 is 5.73 Å². The molecule has 15 heavy (non-hydrogen) atoms. The van der Waals surface area contributed by atoms with Crippen LogP contribution in [0.4, 0.5) is 0 Å². The van der Waals surface area contributed by atoms with Crippen molar-refractivity contribution in [2.45, 2.75) is 65.0 Å². The van der Waals surface area contributed by atoms with Gasteiger partial charge in [-0.2, -0.15) is 0 Å². The average molecular weight is 212 g/mol. The van der Waals surface area contributed by atoms with E-state index in [0.717, 1.165) is 18.5 Å². The summed E-state index contributed by atoms with van der Waals surface area (Å²) in [6.07, 6.45) is 6.47. The van der Waals surface area contributed by atoms with Crippen LogP contribution in [0.2, 0.25) is 0 Å². The third-order valence-electron chi connectivity index (χ3n) is 3.90. The number of rotatable bonds is 5. The zero-order valence-corrected chi connectivity index (χ0v) is 10.7. The molecule has 1 saturated heterocycles. The maximum atomic E-state index is 6.16. The standard InChI is InChI=1S/C13H28N2/c1-4-5-8-13(14)10-15-9-6-7-11(2)12(15)3/h11-13H,4-10,14H2,1-3H3. The molecule has 2 heteroatoms. The van der Waals surface area contributed by atoms with Crippen molar-refractivity contribution in [2.75, 3.05) is 13.1 Å². The van der Waals surface area contributed by atoms with Gasteiger partial charge >= 0.3 is 0 Å². The average Bonchev–Trinajstić information content (AvgIpc) is 2.22. The molecule has 0 radical (unpaired) electrons. The van der Waals surface area contributed by atoms with Gasteiger partial charge in [0.05, 0.1) is 0 Å². The molecule has 1 aliphatic heterocycles. The van der Waals surface area contributed by atoms with E-state index in [1.807, 2.05) is 0 Å². The second kappa shape index (κ2) is 6.49. The van der Waals surface area contributed by atoms with Crippen molar-refractivity contribution < 1.29 is 0 Å². The Morgan fingerprint density at radius 1 is 1.40 bits per heavy atom. The van der Waals surface area contributed by atoms with Crippen LogP contribution in [0.1, 0.15) is 52.9 Å². The van der Waals surface area contributed by atoms with E-state index in [-0.39, 0.29) is 0 Å². The van der Waals surface area contributed by atoms with Crippen LogP contribution in [0.15, 0.2) is 0 Å². The topological polar surface area (TPSA) is 29.3 Å². The van der Waals surface area contributed by atoms with Crippen molar-refractivity contribution in [3.63, 3.8) is 0 Å². The predicted molar refractivity (Wildman–Crippen MR) is 66.9 cm³/mol. The molecular weight excluding hydrogens is 184 g/mol. The first-order valence-corrected chi connectivity index (χ1v) is 6.64. The number of unbranched alkanes of at least 4 members (excludes halogenated alkanes) is 1. The SMILES string of the molecule is CCCCC(N)CN1CCCC(C)C1C. The van der Waals surface area contributed by atoms with Crippen molar-refractivity contribution in [2.24, 2.45) is 11.7 Å². The van der Waals surface area contributed by atoms with Gasteiger partial charge in [0.1, 0.15) is 0 Å². The fraction of sp³-hybridized carbons (Fsp3) is 1.00. The molecule has 2 nitrogen and oxygen atoms in total. The Hall–Kier alpha value is -0.0800. The van der Waals surface area contributed by atoms with Gasteiger partial charge in [-0.25, -0.2) is 0 Å². The predicted octanol–water partition coefficient (Wildman–Crippen LogP) is 2.62. The number of piperidine rings is 1. The van der Waals surface area contributed by atoms with E-state index >= 15 is 0 Å². The Labute approximate surface area is 95.2 Å². The summed E-state index contributed by atoms with van der Waals surface area (Å²) in [4.78, 5) is 2.59. The molecule has 3 atom stereocenters. The van der Waals surface area contributed by atoms with Crippen molar-refractivity contribution in [1.29, 1.82) is 0 Å². The van der Waals surface area contributed by atoms with Gasteiger partial charge in [0, 0.05) is 18.6 Å². The van der Waals surface area contributed by atoms with Gasteiger partial charge in [-0.1, -0.05) is 26.7 Å². The lowest BCUT2D eigenvalue weighted by Crippen LogP contribution is -2.47. The third-order valence-corrected chi connectivity index (χ3v) is 3.90. The van der Waals surface area contributed by atoms with Gasteiger partial charge < -0.3 is 5.73 Å². The summed E-state index contributed by atoms with van der Waals surface area (Å²) in [6.45, 7) is 9.32. The van der Waals surface area contributed by atoms with E-state index in [1.165, 1.54) is 38.6 Å². The van der Waals surface area contributed by atoms with Crippen molar-refractivity contribution >= 4 is 0 Å². The molecule has 1 aliphatic rings. The van der Waals surface area contributed by atoms with Crippen molar-refractivity contribution in [3.05, 3.63) is 0 Å². The number of hydrogen-bond donors (Lipinski definition) is 1. The lowest BCUT2D eigenvalue weighted by Gasteiger charge is -2.39. The smallest absolute Gasteiger partial charge is 0.0167 e. The highest BCUT2D eigenvalue weighted by molar-refractivity contribution is 4.81. The van der Waals surface area contributed by atoms with E-state index in [4.69, 9.17) is 5.73 Å². The minimum Gasteiger partial charge on any atom is -0.327 e. The molecule has 0 saturated carbocycles. The van der Waals surface area contributed by atoms with Gasteiger partial charge in [-0.15, -0.1) is 0 Å². The minimum atomic E-state index is 0.387. The minimum absolute atomic E-state index is 0.387. The fourth-order valence-electron chi connectivity index (χ4n) is 2.54. The molecule has 1 heterocycles. The second-order valence-corrected chi connectivity index (χ2v) is 5.26. The second-order valence-electron chi connectivity index (χ2n) is 5.26. The normalized spacial score (nSPS) is 30.4. The largest absolute Gasteiger partial charge is 0.327 e. The fourth-order valence-corrected chi connectivity index (χ4v) is 2.54. The van der Waals surface area contributed by atoms with Crippen LogP contribution in [-0.4, -0.2) is 30.1 Å². The highest BCUT2D eigenvalue weighted by Gasteiger charge is 2.25. The van der Waals surface area contributed by atoms with Gasteiger partial charge in [0.25, 0.3) is 0 Å². The summed E-state index contributed by atoms with van der Waals surface area (Å²) < 4.78 is 0. The van der Waals surface area contributed by atoms with Crippen LogP contribution in [-0.2, 0) is 0 Å². The highest BCUT2D eigenvalue weighted by Crippen LogP contribution is 2.22. The number of likely N-dealkylation sites (tertiary alicyclic amines) is 1. The number of nitrogens with zero attached hydrogens (tertiary/aromatic N) is 1. The zero-order chi connectivity index (χ0) is 11.3. The summed E-state index contributed by atoms with van der Waals surface area (Å²) in [6, 6.07) is 1.11. The molecule has 0 spiro atoms. The van der Waals surface area contributed by atoms with Crippen LogP contribution in [0.5, 0.6) is 0 Å². The Morgan fingerprint density at radius 3 is 2.80 bits per heavy atom. The van der Waals surface area contributed by atoms with Crippen LogP contribution >= 0.6 is 0 Å². The van der Waals surface area contributed by atoms with Crippen LogP contribution in [0.25, 0.3) is 0 Å². The van der Waals surface area contributed by atoms with Crippen molar-refractivity contribution in [3.8, 4) is 0 Å². The lowest BCUT2D eigenvalue weighted by atomic mass is 9.91. The Kier molecular flexibility index (Phi) is 5.62. The third kappa shape index (κ3) is 4.12. The molecule has 0 bridgehead atoms. The summed E-state index contributed by atoms with van der Waals surface area (Å²) in [5, 5.41) is 0. The molecule has 0 aromatic heterocycles. The molecule has 0 amide bonds. The van der Waals surface area contributed by atoms with Gasteiger partial charge in [0.2, 0.25) is 0 Å². The molecule has 0 aromatic rings. The number of hydrogen-bond acceptors (Lipinski definition) is 2. The lowest BCUT2D eigenvalue weighted by molar-refractivity contribution is 0.105. The molecule has 2 N–H and O–H groups in total. The quantitative estimate of drug-likeness (QED) is 0.759. The van der Waals surface area contributed by atoms with Crippen LogP contribution in [0, 0.1) is 5.92 Å². The Morgan fingerprint density at radius 2 is 2.13 bits per heavy atom. The highest BCUT2D eigenvalue weighted by atomic mass is 15.2. The first-order chi connectivity index (χ1) is 7.15. The zero-order valence-electron chi connectivity index (χ0n) is 10.7. The number of nitrogens with two attached hydrogens (primary N) is 1. The van der Waals surface area contributed by atoms with Gasteiger partial charge in [0.15, 0.2) is 0 Å². The molecule has 1 rings (SSSR count). The monoisotopic (exact) mass is 212 g/mol. The van der Waals surface area contributed by atoms with E-state index in [9.17, 15) is 0 Å². The van der Waals surface area contributed by atoms with E-state index in [1.54, 1.807) is 0 Å². The molecule has 1 fully saturated rings. The summed E-state index contributed by atoms with van der Waals surface area (Å²) in [5.74, 6) is 0.845. The van der Waals surface area contributed by atoms with E-state index in [0.29, 0.717) is 6.04 Å². The van der Waals surface area contributed by atoms with Gasteiger partial charge in [-0.05, 0) is 38.6 Å². The Balaban J connectivity index is 2.29. The molecule has 90 valence electrons. The maximum Gasteiger partial charge on any atom is 0.0167 e. The van der Waals surface area contributed by atoms with E-state index in [2.05, 4.69) is 25.7 Å². The first kappa shape index (κ1) is 13.0. The van der Waals surface area contributed by atoms with Crippen LogP contribution in [0.3, 0.4) is 0 Å². The summed E-state index contributed by atoms with van der Waals surface area (Å²) >= 11 is 0. The van der Waals surface area contributed by atoms with Crippen molar-refractivity contribution in [1.82, 2.24) is 4.90 Å². The van der Waals surface area contributed by atoms with Gasteiger partial charge in [-0.3, -0.25) is 4.90 Å².